The van der Waals surface area contributed by atoms with Crippen molar-refractivity contribution in [3.63, 3.8) is 0 Å². The van der Waals surface area contributed by atoms with Crippen LogP contribution in [-0.4, -0.2) is 40.2 Å². The minimum atomic E-state index is -0.459. The maximum Gasteiger partial charge on any atom is 0.255 e. The summed E-state index contributed by atoms with van der Waals surface area (Å²) in [5, 5.41) is 6.96. The van der Waals surface area contributed by atoms with Gasteiger partial charge in [-0.1, -0.05) is 29.8 Å². The average molecular weight is 383 g/mol. The minimum Gasteiger partial charge on any atom is -0.319 e. The number of benzene rings is 1. The van der Waals surface area contributed by atoms with Crippen LogP contribution in [0.1, 0.15) is 24.2 Å². The van der Waals surface area contributed by atoms with Gasteiger partial charge < -0.3 is 10.2 Å². The molecule has 2 rings (SSSR count). The second-order valence-corrected chi connectivity index (χ2v) is 6.05. The summed E-state index contributed by atoms with van der Waals surface area (Å²) < 4.78 is 15.7. The molecule has 1 heterocycles. The number of nitrogens with zero attached hydrogens (tertiary/aromatic N) is 3. The van der Waals surface area contributed by atoms with Crippen LogP contribution in [-0.2, 0) is 6.54 Å². The predicted octanol–water partition coefficient (Wildman–Crippen LogP) is 3.38. The van der Waals surface area contributed by atoms with Crippen LogP contribution in [0, 0.1) is 5.82 Å². The van der Waals surface area contributed by atoms with Gasteiger partial charge in [-0.3, -0.25) is 9.48 Å². The van der Waals surface area contributed by atoms with Crippen LogP contribution in [0.5, 0.6) is 0 Å². The lowest BCUT2D eigenvalue weighted by Crippen LogP contribution is -2.27. The minimum absolute atomic E-state index is 0.257. The van der Waals surface area contributed by atoms with E-state index in [4.69, 9.17) is 0 Å². The maximum atomic E-state index is 13.3. The highest BCUT2D eigenvalue weighted by atomic mass is 79.9. The number of hydrogen-bond donors (Lipinski definition) is 1. The monoisotopic (exact) mass is 382 g/mol. The van der Waals surface area contributed by atoms with Crippen molar-refractivity contribution in [3.05, 3.63) is 46.4 Å². The van der Waals surface area contributed by atoms with Crippen LogP contribution in [0.4, 0.5) is 10.1 Å². The average Bonchev–Trinajstić information content (AvgIpc) is 2.95. The number of hydrogen-bond acceptors (Lipinski definition) is 3. The quantitative estimate of drug-likeness (QED) is 0.798. The molecule has 0 atom stereocenters. The van der Waals surface area contributed by atoms with E-state index in [0.29, 0.717) is 10.2 Å². The van der Waals surface area contributed by atoms with Gasteiger partial charge in [0.1, 0.15) is 5.82 Å². The number of likely N-dealkylation sites (N-methyl/N-ethyl adjacent to an activating group) is 1. The first kappa shape index (κ1) is 17.6. The van der Waals surface area contributed by atoms with Crippen LogP contribution >= 0.6 is 15.9 Å². The maximum absolute atomic E-state index is 13.3. The van der Waals surface area contributed by atoms with Crippen molar-refractivity contribution < 1.29 is 9.18 Å². The molecule has 0 unspecified atom stereocenters. The molecule has 0 saturated heterocycles. The highest BCUT2D eigenvalue weighted by Crippen LogP contribution is 2.16. The van der Waals surface area contributed by atoms with Crippen LogP contribution in [0.2, 0.25) is 0 Å². The zero-order valence-corrected chi connectivity index (χ0v) is 14.8. The Balaban J connectivity index is 1.97. The van der Waals surface area contributed by atoms with Gasteiger partial charge in [0, 0.05) is 22.8 Å². The van der Waals surface area contributed by atoms with Crippen LogP contribution in [0.3, 0.4) is 0 Å². The Morgan fingerprint density at radius 1 is 1.35 bits per heavy atom. The fraction of sp³-hybridized carbons (Fsp3) is 0.375. The molecule has 7 heteroatoms. The summed E-state index contributed by atoms with van der Waals surface area (Å²) in [5.41, 5.74) is 0.850. The fourth-order valence-electron chi connectivity index (χ4n) is 2.22. The SMILES string of the molecule is CCN(CC)CCn1cc(NC(=O)c2cc(F)cc(Br)c2)cn1. The molecule has 0 radical (unpaired) electrons. The molecule has 0 aliphatic carbocycles. The number of carbonyl (C=O) groups is 1. The molecule has 1 amide bonds. The molecule has 2 aromatic rings. The molecule has 1 aromatic carbocycles. The summed E-state index contributed by atoms with van der Waals surface area (Å²) in [5.74, 6) is -0.826. The fourth-order valence-corrected chi connectivity index (χ4v) is 2.69. The van der Waals surface area contributed by atoms with Crippen molar-refractivity contribution in [3.8, 4) is 0 Å². The second-order valence-electron chi connectivity index (χ2n) is 5.13. The number of amides is 1. The van der Waals surface area contributed by atoms with Crippen LogP contribution in [0.25, 0.3) is 0 Å². The molecule has 5 nitrogen and oxygen atoms in total. The van der Waals surface area contributed by atoms with E-state index in [-0.39, 0.29) is 11.5 Å². The summed E-state index contributed by atoms with van der Waals surface area (Å²) in [6, 6.07) is 4.08. The Bertz CT molecular complexity index is 650. The molecular formula is C16H20BrFN4O. The molecule has 0 aliphatic heterocycles. The van der Waals surface area contributed by atoms with E-state index in [0.717, 1.165) is 26.2 Å². The van der Waals surface area contributed by atoms with Crippen molar-refractivity contribution >= 4 is 27.5 Å². The normalized spacial score (nSPS) is 11.0. The lowest BCUT2D eigenvalue weighted by molar-refractivity contribution is 0.102. The summed E-state index contributed by atoms with van der Waals surface area (Å²) in [6.45, 7) is 7.89. The third-order valence-corrected chi connectivity index (χ3v) is 4.01. The number of nitrogens with one attached hydrogen (secondary N) is 1. The number of carbonyl (C=O) groups excluding carboxylic acids is 1. The highest BCUT2D eigenvalue weighted by molar-refractivity contribution is 9.10. The molecular weight excluding hydrogens is 363 g/mol. The summed E-state index contributed by atoms with van der Waals surface area (Å²) in [6.07, 6.45) is 3.37. The molecule has 0 spiro atoms. The Labute approximate surface area is 143 Å². The van der Waals surface area contributed by atoms with E-state index >= 15 is 0 Å². The number of rotatable bonds is 7. The predicted molar refractivity (Wildman–Crippen MR) is 92.1 cm³/mol. The third kappa shape index (κ3) is 5.14. The standard InChI is InChI=1S/C16H20BrFN4O/c1-3-21(4-2)5-6-22-11-15(10-19-22)20-16(23)12-7-13(17)9-14(18)8-12/h7-11H,3-6H2,1-2H3,(H,20,23). The molecule has 0 fully saturated rings. The van der Waals surface area contributed by atoms with Gasteiger partial charge in [0.25, 0.3) is 5.91 Å². The Kier molecular flexibility index (Phi) is 6.29. The van der Waals surface area contributed by atoms with Gasteiger partial charge in [0.2, 0.25) is 0 Å². The first-order valence-electron chi connectivity index (χ1n) is 7.54. The second kappa shape index (κ2) is 8.21. The molecule has 0 saturated carbocycles. The van der Waals surface area contributed by atoms with Gasteiger partial charge in [-0.25, -0.2) is 4.39 Å². The lowest BCUT2D eigenvalue weighted by atomic mass is 10.2. The van der Waals surface area contributed by atoms with Gasteiger partial charge in [-0.05, 0) is 31.3 Å². The van der Waals surface area contributed by atoms with Gasteiger partial charge in [0.05, 0.1) is 18.4 Å². The summed E-state index contributed by atoms with van der Waals surface area (Å²) in [7, 11) is 0. The molecule has 1 N–H and O–H groups in total. The highest BCUT2D eigenvalue weighted by Gasteiger charge is 2.10. The largest absolute Gasteiger partial charge is 0.319 e. The first-order valence-corrected chi connectivity index (χ1v) is 8.33. The van der Waals surface area contributed by atoms with Crippen molar-refractivity contribution in [2.24, 2.45) is 0 Å². The van der Waals surface area contributed by atoms with Crippen LogP contribution < -0.4 is 5.32 Å². The zero-order valence-electron chi connectivity index (χ0n) is 13.2. The van der Waals surface area contributed by atoms with E-state index < -0.39 is 5.82 Å². The van der Waals surface area contributed by atoms with E-state index in [1.807, 2.05) is 0 Å². The van der Waals surface area contributed by atoms with Crippen molar-refractivity contribution in [2.75, 3.05) is 25.0 Å². The van der Waals surface area contributed by atoms with Crippen molar-refractivity contribution in [1.82, 2.24) is 14.7 Å². The van der Waals surface area contributed by atoms with Crippen molar-refractivity contribution in [2.45, 2.75) is 20.4 Å². The van der Waals surface area contributed by atoms with Gasteiger partial charge >= 0.3 is 0 Å². The van der Waals surface area contributed by atoms with E-state index in [1.165, 1.54) is 12.1 Å². The smallest absolute Gasteiger partial charge is 0.255 e. The molecule has 124 valence electrons. The number of anilines is 1. The number of aromatic nitrogens is 2. The van der Waals surface area contributed by atoms with Crippen LogP contribution in [0.15, 0.2) is 35.1 Å². The number of halogens is 2. The third-order valence-electron chi connectivity index (χ3n) is 3.56. The Morgan fingerprint density at radius 3 is 2.74 bits per heavy atom. The van der Waals surface area contributed by atoms with Gasteiger partial charge in [-0.15, -0.1) is 0 Å². The first-order chi connectivity index (χ1) is 11.0. The zero-order chi connectivity index (χ0) is 16.8. The summed E-state index contributed by atoms with van der Waals surface area (Å²) >= 11 is 3.18. The Hall–Kier alpha value is -1.73. The van der Waals surface area contributed by atoms with Crippen molar-refractivity contribution in [1.29, 1.82) is 0 Å². The molecule has 1 aromatic heterocycles. The topological polar surface area (TPSA) is 50.2 Å². The van der Waals surface area contributed by atoms with E-state index in [1.54, 1.807) is 23.1 Å². The molecule has 23 heavy (non-hydrogen) atoms. The van der Waals surface area contributed by atoms with E-state index in [9.17, 15) is 9.18 Å². The van der Waals surface area contributed by atoms with E-state index in [2.05, 4.69) is 45.1 Å². The molecule has 0 aliphatic rings. The Morgan fingerprint density at radius 2 is 2.09 bits per heavy atom. The van der Waals surface area contributed by atoms with Gasteiger partial charge in [0.15, 0.2) is 0 Å². The van der Waals surface area contributed by atoms with Gasteiger partial charge in [-0.2, -0.15) is 5.10 Å². The molecule has 0 bridgehead atoms. The lowest BCUT2D eigenvalue weighted by Gasteiger charge is -2.17. The summed E-state index contributed by atoms with van der Waals surface area (Å²) in [4.78, 5) is 14.4.